The number of nitrogen functional groups attached to an aromatic ring is 1. The van der Waals surface area contributed by atoms with Crippen LogP contribution in [0.1, 0.15) is 0 Å². The van der Waals surface area contributed by atoms with Gasteiger partial charge in [0.05, 0.1) is 5.02 Å². The first-order chi connectivity index (χ1) is 8.66. The summed E-state index contributed by atoms with van der Waals surface area (Å²) in [7, 11) is 0. The lowest BCUT2D eigenvalue weighted by Gasteiger charge is -2.01. The van der Waals surface area contributed by atoms with E-state index in [-0.39, 0.29) is 0 Å². The highest BCUT2D eigenvalue weighted by Gasteiger charge is 2.11. The van der Waals surface area contributed by atoms with Crippen molar-refractivity contribution >= 4 is 39.0 Å². The molecule has 0 saturated carbocycles. The summed E-state index contributed by atoms with van der Waals surface area (Å²) in [6, 6.07) is 11.4. The number of nitrogens with two attached hydrogens (primary N) is 1. The van der Waals surface area contributed by atoms with Crippen LogP contribution in [0.4, 0.5) is 5.82 Å². The minimum atomic E-state index is 0.625. The standard InChI is InChI=1S/C13H9BrClN3/c14-9-7-8(4-5-10(9)15)12-13(16)18-6-2-1-3-11(18)17-12/h1-7H,16H2. The molecular weight excluding hydrogens is 314 g/mol. The molecule has 0 aliphatic rings. The lowest BCUT2D eigenvalue weighted by atomic mass is 10.1. The molecule has 0 aliphatic heterocycles. The van der Waals surface area contributed by atoms with Gasteiger partial charge in [-0.1, -0.05) is 23.7 Å². The summed E-state index contributed by atoms with van der Waals surface area (Å²) in [5.74, 6) is 0.625. The van der Waals surface area contributed by atoms with E-state index in [1.165, 1.54) is 0 Å². The summed E-state index contributed by atoms with van der Waals surface area (Å²) in [6.07, 6.45) is 1.89. The van der Waals surface area contributed by atoms with Crippen LogP contribution in [0.5, 0.6) is 0 Å². The van der Waals surface area contributed by atoms with Gasteiger partial charge in [0.1, 0.15) is 17.2 Å². The van der Waals surface area contributed by atoms with E-state index in [2.05, 4.69) is 20.9 Å². The predicted octanol–water partition coefficient (Wildman–Crippen LogP) is 4.00. The van der Waals surface area contributed by atoms with E-state index < -0.39 is 0 Å². The Hall–Kier alpha value is -1.52. The molecule has 0 bridgehead atoms. The zero-order chi connectivity index (χ0) is 12.7. The van der Waals surface area contributed by atoms with Crippen molar-refractivity contribution in [1.29, 1.82) is 0 Å². The minimum Gasteiger partial charge on any atom is -0.383 e. The van der Waals surface area contributed by atoms with Crippen LogP contribution < -0.4 is 5.73 Å². The molecule has 3 aromatic rings. The molecule has 0 spiro atoms. The van der Waals surface area contributed by atoms with Crippen LogP contribution in [0.3, 0.4) is 0 Å². The maximum Gasteiger partial charge on any atom is 0.139 e. The molecule has 3 rings (SSSR count). The smallest absolute Gasteiger partial charge is 0.139 e. The van der Waals surface area contributed by atoms with Crippen molar-refractivity contribution in [2.75, 3.05) is 5.73 Å². The molecule has 0 unspecified atom stereocenters. The first-order valence-corrected chi connectivity index (χ1v) is 6.52. The van der Waals surface area contributed by atoms with E-state index in [1.54, 1.807) is 0 Å². The van der Waals surface area contributed by atoms with E-state index in [9.17, 15) is 0 Å². The summed E-state index contributed by atoms with van der Waals surface area (Å²) in [5, 5.41) is 0.668. The quantitative estimate of drug-likeness (QED) is 0.736. The number of aromatic nitrogens is 2. The van der Waals surface area contributed by atoms with Crippen molar-refractivity contribution in [3.8, 4) is 11.3 Å². The second kappa shape index (κ2) is 4.30. The second-order valence-electron chi connectivity index (χ2n) is 3.90. The molecule has 2 aromatic heterocycles. The zero-order valence-electron chi connectivity index (χ0n) is 9.27. The van der Waals surface area contributed by atoms with Crippen LogP contribution in [0.15, 0.2) is 47.1 Å². The van der Waals surface area contributed by atoms with Crippen LogP contribution in [-0.2, 0) is 0 Å². The zero-order valence-corrected chi connectivity index (χ0v) is 11.6. The number of hydrogen-bond acceptors (Lipinski definition) is 2. The summed E-state index contributed by atoms with van der Waals surface area (Å²) in [4.78, 5) is 4.53. The molecule has 0 aliphatic carbocycles. The average Bonchev–Trinajstić information content (AvgIpc) is 2.71. The molecule has 0 atom stereocenters. The minimum absolute atomic E-state index is 0.625. The van der Waals surface area contributed by atoms with Gasteiger partial charge in [-0.2, -0.15) is 0 Å². The largest absolute Gasteiger partial charge is 0.383 e. The van der Waals surface area contributed by atoms with Crippen LogP contribution in [-0.4, -0.2) is 9.38 Å². The van der Waals surface area contributed by atoms with Gasteiger partial charge in [0.2, 0.25) is 0 Å². The first-order valence-electron chi connectivity index (χ1n) is 5.35. The fourth-order valence-electron chi connectivity index (χ4n) is 1.87. The Balaban J connectivity index is 2.25. The highest BCUT2D eigenvalue weighted by molar-refractivity contribution is 9.10. The summed E-state index contributed by atoms with van der Waals surface area (Å²) in [6.45, 7) is 0. The summed E-state index contributed by atoms with van der Waals surface area (Å²) in [5.41, 5.74) is 8.64. The third-order valence-electron chi connectivity index (χ3n) is 2.76. The molecule has 3 nitrogen and oxygen atoms in total. The third-order valence-corrected chi connectivity index (χ3v) is 3.97. The number of anilines is 1. The van der Waals surface area contributed by atoms with Gasteiger partial charge in [0.15, 0.2) is 0 Å². The fraction of sp³-hybridized carbons (Fsp3) is 0. The number of benzene rings is 1. The van der Waals surface area contributed by atoms with Gasteiger partial charge < -0.3 is 5.73 Å². The van der Waals surface area contributed by atoms with Gasteiger partial charge in [0.25, 0.3) is 0 Å². The monoisotopic (exact) mass is 321 g/mol. The molecule has 5 heteroatoms. The van der Waals surface area contributed by atoms with E-state index in [0.29, 0.717) is 10.8 Å². The molecule has 0 amide bonds. The Bertz CT molecular complexity index is 736. The van der Waals surface area contributed by atoms with Crippen LogP contribution >= 0.6 is 27.5 Å². The maximum absolute atomic E-state index is 6.11. The number of nitrogens with zero attached hydrogens (tertiary/aromatic N) is 2. The van der Waals surface area contributed by atoms with Gasteiger partial charge in [-0.25, -0.2) is 4.98 Å². The number of pyridine rings is 1. The van der Waals surface area contributed by atoms with Crippen molar-refractivity contribution < 1.29 is 0 Å². The molecule has 2 heterocycles. The second-order valence-corrected chi connectivity index (χ2v) is 5.16. The van der Waals surface area contributed by atoms with Crippen molar-refractivity contribution in [2.45, 2.75) is 0 Å². The van der Waals surface area contributed by atoms with Gasteiger partial charge in [-0.05, 0) is 40.2 Å². The molecule has 0 saturated heterocycles. The normalized spacial score (nSPS) is 11.0. The third kappa shape index (κ3) is 1.78. The predicted molar refractivity (Wildman–Crippen MR) is 77.8 cm³/mol. The summed E-state index contributed by atoms with van der Waals surface area (Å²) >= 11 is 9.39. The molecule has 2 N–H and O–H groups in total. The van der Waals surface area contributed by atoms with Crippen molar-refractivity contribution in [2.24, 2.45) is 0 Å². The Morgan fingerprint density at radius 3 is 2.78 bits per heavy atom. The molecular formula is C13H9BrClN3. The van der Waals surface area contributed by atoms with Gasteiger partial charge in [-0.15, -0.1) is 0 Å². The van der Waals surface area contributed by atoms with Crippen LogP contribution in [0.25, 0.3) is 16.9 Å². The number of halogens is 2. The topological polar surface area (TPSA) is 43.3 Å². The van der Waals surface area contributed by atoms with Gasteiger partial charge in [0, 0.05) is 16.2 Å². The lowest BCUT2D eigenvalue weighted by molar-refractivity contribution is 1.20. The Kier molecular flexibility index (Phi) is 2.76. The average molecular weight is 323 g/mol. The lowest BCUT2D eigenvalue weighted by Crippen LogP contribution is -1.93. The molecule has 0 fully saturated rings. The highest BCUT2D eigenvalue weighted by Crippen LogP contribution is 2.31. The number of hydrogen-bond donors (Lipinski definition) is 1. The van der Waals surface area contributed by atoms with Crippen LogP contribution in [0, 0.1) is 0 Å². The van der Waals surface area contributed by atoms with Crippen LogP contribution in [0.2, 0.25) is 5.02 Å². The maximum atomic E-state index is 6.11. The van der Waals surface area contributed by atoms with E-state index in [4.69, 9.17) is 17.3 Å². The number of imidazole rings is 1. The Morgan fingerprint density at radius 2 is 2.06 bits per heavy atom. The molecule has 0 radical (unpaired) electrons. The summed E-state index contributed by atoms with van der Waals surface area (Å²) < 4.78 is 2.69. The molecule has 18 heavy (non-hydrogen) atoms. The number of fused-ring (bicyclic) bond motifs is 1. The number of rotatable bonds is 1. The first kappa shape index (κ1) is 11.6. The highest BCUT2D eigenvalue weighted by atomic mass is 79.9. The molecule has 90 valence electrons. The fourth-order valence-corrected chi connectivity index (χ4v) is 2.37. The van der Waals surface area contributed by atoms with E-state index >= 15 is 0 Å². The van der Waals surface area contributed by atoms with E-state index in [0.717, 1.165) is 21.4 Å². The molecule has 1 aromatic carbocycles. The van der Waals surface area contributed by atoms with Gasteiger partial charge in [-0.3, -0.25) is 4.40 Å². The Labute approximate surface area is 117 Å². The van der Waals surface area contributed by atoms with Crippen molar-refractivity contribution in [3.63, 3.8) is 0 Å². The van der Waals surface area contributed by atoms with Crippen molar-refractivity contribution in [3.05, 3.63) is 52.1 Å². The van der Waals surface area contributed by atoms with E-state index in [1.807, 2.05) is 47.0 Å². The SMILES string of the molecule is Nc1c(-c2ccc(Cl)c(Br)c2)nc2ccccn12. The van der Waals surface area contributed by atoms with Crippen molar-refractivity contribution in [1.82, 2.24) is 9.38 Å². The van der Waals surface area contributed by atoms with Gasteiger partial charge >= 0.3 is 0 Å². The Morgan fingerprint density at radius 1 is 1.22 bits per heavy atom.